The Morgan fingerprint density at radius 2 is 1.67 bits per heavy atom. The summed E-state index contributed by atoms with van der Waals surface area (Å²) in [7, 11) is 0. The molecule has 24 heavy (non-hydrogen) atoms. The largest absolute Gasteiger partial charge is 0.433 e. The van der Waals surface area contributed by atoms with Crippen LogP contribution >= 0.6 is 0 Å². The molecule has 0 bridgehead atoms. The van der Waals surface area contributed by atoms with Crippen LogP contribution in [0.5, 0.6) is 0 Å². The molecule has 0 atom stereocenters. The molecule has 2 heterocycles. The Bertz CT molecular complexity index is 819. The fraction of sp³-hybridized carbons (Fsp3) is 0.176. The molecule has 0 amide bonds. The van der Waals surface area contributed by atoms with Crippen molar-refractivity contribution < 1.29 is 13.2 Å². The molecule has 2 aromatic heterocycles. The van der Waals surface area contributed by atoms with Crippen LogP contribution in [-0.2, 0) is 6.18 Å². The number of pyridine rings is 2. The van der Waals surface area contributed by atoms with Crippen molar-refractivity contribution >= 4 is 22.4 Å². The normalized spacial score (nSPS) is 11.5. The maximum absolute atomic E-state index is 13.0. The van der Waals surface area contributed by atoms with Crippen molar-refractivity contribution in [1.29, 1.82) is 0 Å². The van der Waals surface area contributed by atoms with Crippen molar-refractivity contribution in [3.63, 3.8) is 0 Å². The van der Waals surface area contributed by atoms with Crippen LogP contribution in [0.2, 0.25) is 0 Å². The first-order valence-electron chi connectivity index (χ1n) is 7.40. The molecule has 0 aliphatic carbocycles. The molecule has 4 nitrogen and oxygen atoms in total. The molecule has 0 radical (unpaired) electrons. The van der Waals surface area contributed by atoms with E-state index in [1.165, 1.54) is 0 Å². The van der Waals surface area contributed by atoms with E-state index < -0.39 is 11.9 Å². The number of hydrogen-bond donors (Lipinski definition) is 2. The number of benzene rings is 1. The third kappa shape index (κ3) is 3.73. The zero-order valence-corrected chi connectivity index (χ0v) is 12.6. The van der Waals surface area contributed by atoms with Gasteiger partial charge in [0.2, 0.25) is 0 Å². The third-order valence-corrected chi connectivity index (χ3v) is 3.42. The number of alkyl halides is 3. The standard InChI is InChI=1S/C17H15F3N4/c18-17(19,20)15-11-14(12-5-1-2-6-13(12)24-15)21-9-10-23-16-7-3-4-8-22-16/h1-8,11H,9-10H2,(H,21,24)(H,22,23). The number of rotatable bonds is 5. The van der Waals surface area contributed by atoms with Gasteiger partial charge in [-0.25, -0.2) is 9.97 Å². The maximum atomic E-state index is 13.0. The predicted molar refractivity (Wildman–Crippen MR) is 88.0 cm³/mol. The first-order chi connectivity index (χ1) is 11.5. The predicted octanol–water partition coefficient (Wildman–Crippen LogP) is 4.17. The molecule has 1 aromatic carbocycles. The molecule has 3 rings (SSSR count). The highest BCUT2D eigenvalue weighted by Crippen LogP contribution is 2.32. The molecule has 124 valence electrons. The number of aromatic nitrogens is 2. The fourth-order valence-electron chi connectivity index (χ4n) is 2.32. The summed E-state index contributed by atoms with van der Waals surface area (Å²) in [5.74, 6) is 0.717. The summed E-state index contributed by atoms with van der Waals surface area (Å²) in [4.78, 5) is 7.81. The van der Waals surface area contributed by atoms with Gasteiger partial charge in [-0.1, -0.05) is 24.3 Å². The molecular weight excluding hydrogens is 317 g/mol. The Morgan fingerprint density at radius 1 is 0.917 bits per heavy atom. The van der Waals surface area contributed by atoms with Gasteiger partial charge in [0.05, 0.1) is 5.52 Å². The molecular formula is C17H15F3N4. The number of anilines is 2. The molecule has 0 aliphatic rings. The minimum Gasteiger partial charge on any atom is -0.383 e. The van der Waals surface area contributed by atoms with Crippen molar-refractivity contribution in [1.82, 2.24) is 9.97 Å². The number of halogens is 3. The van der Waals surface area contributed by atoms with Gasteiger partial charge in [0, 0.05) is 30.4 Å². The second kappa shape index (κ2) is 6.74. The van der Waals surface area contributed by atoms with Crippen LogP contribution < -0.4 is 10.6 Å². The van der Waals surface area contributed by atoms with E-state index in [9.17, 15) is 13.2 Å². The second-order valence-electron chi connectivity index (χ2n) is 5.14. The van der Waals surface area contributed by atoms with Crippen molar-refractivity contribution in [3.8, 4) is 0 Å². The molecule has 2 N–H and O–H groups in total. The first-order valence-corrected chi connectivity index (χ1v) is 7.40. The number of nitrogens with zero attached hydrogens (tertiary/aromatic N) is 2. The lowest BCUT2D eigenvalue weighted by Gasteiger charge is -2.14. The van der Waals surface area contributed by atoms with Gasteiger partial charge in [-0.2, -0.15) is 13.2 Å². The van der Waals surface area contributed by atoms with Crippen LogP contribution in [0.15, 0.2) is 54.7 Å². The lowest BCUT2D eigenvalue weighted by molar-refractivity contribution is -0.140. The molecule has 0 saturated carbocycles. The second-order valence-corrected chi connectivity index (χ2v) is 5.14. The van der Waals surface area contributed by atoms with Crippen molar-refractivity contribution in [2.45, 2.75) is 6.18 Å². The zero-order chi connectivity index (χ0) is 17.0. The first kappa shape index (κ1) is 16.0. The summed E-state index contributed by atoms with van der Waals surface area (Å²) in [6.07, 6.45) is -2.81. The lowest BCUT2D eigenvalue weighted by Crippen LogP contribution is -2.15. The molecule has 3 aromatic rings. The van der Waals surface area contributed by atoms with Gasteiger partial charge in [0.1, 0.15) is 11.5 Å². The van der Waals surface area contributed by atoms with E-state index in [-0.39, 0.29) is 0 Å². The monoisotopic (exact) mass is 332 g/mol. The van der Waals surface area contributed by atoms with E-state index in [1.807, 2.05) is 18.2 Å². The van der Waals surface area contributed by atoms with Crippen LogP contribution in [0, 0.1) is 0 Å². The number of hydrogen-bond acceptors (Lipinski definition) is 4. The smallest absolute Gasteiger partial charge is 0.383 e. The molecule has 0 fully saturated rings. The van der Waals surface area contributed by atoms with Crippen LogP contribution in [0.4, 0.5) is 24.7 Å². The van der Waals surface area contributed by atoms with Crippen LogP contribution in [0.25, 0.3) is 10.9 Å². The molecule has 0 saturated heterocycles. The maximum Gasteiger partial charge on any atom is 0.433 e. The van der Waals surface area contributed by atoms with Crippen molar-refractivity contribution in [3.05, 3.63) is 60.4 Å². The summed E-state index contributed by atoms with van der Waals surface area (Å²) < 4.78 is 39.0. The van der Waals surface area contributed by atoms with E-state index in [1.54, 1.807) is 30.5 Å². The summed E-state index contributed by atoms with van der Waals surface area (Å²) in [6.45, 7) is 0.969. The Labute approximate surface area is 136 Å². The number of fused-ring (bicyclic) bond motifs is 1. The van der Waals surface area contributed by atoms with Gasteiger partial charge in [-0.05, 0) is 24.3 Å². The van der Waals surface area contributed by atoms with Crippen molar-refractivity contribution in [2.24, 2.45) is 0 Å². The highest BCUT2D eigenvalue weighted by molar-refractivity contribution is 5.91. The Balaban J connectivity index is 1.75. The number of para-hydroxylation sites is 1. The van der Waals surface area contributed by atoms with E-state index in [0.29, 0.717) is 29.7 Å². The highest BCUT2D eigenvalue weighted by atomic mass is 19.4. The topological polar surface area (TPSA) is 49.8 Å². The summed E-state index contributed by atoms with van der Waals surface area (Å²) in [6, 6.07) is 13.3. The minimum atomic E-state index is -4.48. The van der Waals surface area contributed by atoms with Gasteiger partial charge in [0.15, 0.2) is 0 Å². The quantitative estimate of drug-likeness (QED) is 0.689. The minimum absolute atomic E-state index is 0.313. The van der Waals surface area contributed by atoms with E-state index in [0.717, 1.165) is 11.9 Å². The Kier molecular flexibility index (Phi) is 4.50. The summed E-state index contributed by atoms with van der Waals surface area (Å²) >= 11 is 0. The summed E-state index contributed by atoms with van der Waals surface area (Å²) in [5.41, 5.74) is -0.176. The number of nitrogens with one attached hydrogen (secondary N) is 2. The molecule has 0 unspecified atom stereocenters. The average Bonchev–Trinajstić information content (AvgIpc) is 2.58. The van der Waals surface area contributed by atoms with E-state index in [2.05, 4.69) is 20.6 Å². The zero-order valence-electron chi connectivity index (χ0n) is 12.6. The van der Waals surface area contributed by atoms with E-state index >= 15 is 0 Å². The van der Waals surface area contributed by atoms with Gasteiger partial charge in [-0.15, -0.1) is 0 Å². The Hall–Kier alpha value is -2.83. The van der Waals surface area contributed by atoms with E-state index in [4.69, 9.17) is 0 Å². The van der Waals surface area contributed by atoms with Crippen molar-refractivity contribution in [2.75, 3.05) is 23.7 Å². The van der Waals surface area contributed by atoms with Gasteiger partial charge >= 0.3 is 6.18 Å². The van der Waals surface area contributed by atoms with Crippen LogP contribution in [0.1, 0.15) is 5.69 Å². The van der Waals surface area contributed by atoms with Crippen LogP contribution in [0.3, 0.4) is 0 Å². The highest BCUT2D eigenvalue weighted by Gasteiger charge is 2.33. The average molecular weight is 332 g/mol. The van der Waals surface area contributed by atoms with Crippen LogP contribution in [-0.4, -0.2) is 23.1 Å². The third-order valence-electron chi connectivity index (χ3n) is 3.42. The van der Waals surface area contributed by atoms with Gasteiger partial charge in [-0.3, -0.25) is 0 Å². The van der Waals surface area contributed by atoms with Gasteiger partial charge < -0.3 is 10.6 Å². The molecule has 0 spiro atoms. The Morgan fingerprint density at radius 3 is 2.42 bits per heavy atom. The lowest BCUT2D eigenvalue weighted by atomic mass is 10.1. The molecule has 7 heteroatoms. The fourth-order valence-corrected chi connectivity index (χ4v) is 2.32. The SMILES string of the molecule is FC(F)(F)c1cc(NCCNc2ccccn2)c2ccccc2n1. The van der Waals surface area contributed by atoms with Gasteiger partial charge in [0.25, 0.3) is 0 Å². The molecule has 0 aliphatic heterocycles. The summed E-state index contributed by atoms with van der Waals surface area (Å²) in [5, 5.41) is 6.79.